The van der Waals surface area contributed by atoms with Gasteiger partial charge in [-0.15, -0.1) is 0 Å². The number of ether oxygens (including phenoxy) is 3. The number of nitrogens with one attached hydrogen (secondary N) is 1. The number of nitrogens with zero attached hydrogens (tertiary/aromatic N) is 1. The molecule has 1 aliphatic rings. The second-order valence-electron chi connectivity index (χ2n) is 6.14. The van der Waals surface area contributed by atoms with E-state index >= 15 is 0 Å². The Bertz CT molecular complexity index is 943. The standard InChI is InChI=1S/C19H22N2O6S/c1-25-15-5-7-16(8-6-15)27-13-19(22)20-17-12-14(4-9-18(17)26-2)21-10-3-11-28(21,23)24/h4-9,12H,3,10-11,13H2,1-2H3,(H,20,22). The number of anilines is 2. The Morgan fingerprint density at radius 1 is 1.07 bits per heavy atom. The number of amides is 1. The van der Waals surface area contributed by atoms with Crippen LogP contribution in [0.15, 0.2) is 42.5 Å². The Morgan fingerprint density at radius 2 is 1.79 bits per heavy atom. The molecule has 0 unspecified atom stereocenters. The molecule has 1 aliphatic heterocycles. The van der Waals surface area contributed by atoms with Crippen molar-refractivity contribution in [1.29, 1.82) is 0 Å². The smallest absolute Gasteiger partial charge is 0.262 e. The zero-order valence-electron chi connectivity index (χ0n) is 15.7. The molecule has 1 N–H and O–H groups in total. The molecule has 0 spiro atoms. The number of benzene rings is 2. The molecular formula is C19H22N2O6S. The van der Waals surface area contributed by atoms with E-state index in [-0.39, 0.29) is 12.4 Å². The van der Waals surface area contributed by atoms with E-state index in [0.717, 1.165) is 0 Å². The molecule has 2 aromatic rings. The average molecular weight is 406 g/mol. The third kappa shape index (κ3) is 4.48. The third-order valence-electron chi connectivity index (χ3n) is 4.27. The minimum Gasteiger partial charge on any atom is -0.497 e. The van der Waals surface area contributed by atoms with Crippen molar-refractivity contribution in [3.63, 3.8) is 0 Å². The molecular weight excluding hydrogens is 384 g/mol. The van der Waals surface area contributed by atoms with E-state index < -0.39 is 15.9 Å². The Balaban J connectivity index is 1.69. The fourth-order valence-corrected chi connectivity index (χ4v) is 4.44. The molecule has 0 aliphatic carbocycles. The van der Waals surface area contributed by atoms with Crippen LogP contribution in [0.25, 0.3) is 0 Å². The summed E-state index contributed by atoms with van der Waals surface area (Å²) in [6.07, 6.45) is 0.575. The van der Waals surface area contributed by atoms with Gasteiger partial charge in [-0.05, 0) is 48.9 Å². The van der Waals surface area contributed by atoms with E-state index in [1.807, 2.05) is 0 Å². The Kier molecular flexibility index (Phi) is 5.93. The third-order valence-corrected chi connectivity index (χ3v) is 6.14. The van der Waals surface area contributed by atoms with Crippen LogP contribution in [-0.4, -0.2) is 47.4 Å². The number of hydrogen-bond donors (Lipinski definition) is 1. The van der Waals surface area contributed by atoms with Crippen molar-refractivity contribution in [3.05, 3.63) is 42.5 Å². The lowest BCUT2D eigenvalue weighted by molar-refractivity contribution is -0.118. The Hall–Kier alpha value is -2.94. The van der Waals surface area contributed by atoms with Crippen molar-refractivity contribution in [2.24, 2.45) is 0 Å². The molecule has 1 fully saturated rings. The minimum absolute atomic E-state index is 0.121. The molecule has 0 radical (unpaired) electrons. The maximum atomic E-state index is 12.3. The zero-order valence-corrected chi connectivity index (χ0v) is 16.5. The predicted molar refractivity (Wildman–Crippen MR) is 106 cm³/mol. The van der Waals surface area contributed by atoms with E-state index in [4.69, 9.17) is 14.2 Å². The Labute approximate surface area is 164 Å². The first-order valence-electron chi connectivity index (χ1n) is 8.68. The molecule has 0 aromatic heterocycles. The highest BCUT2D eigenvalue weighted by molar-refractivity contribution is 7.93. The van der Waals surface area contributed by atoms with Crippen molar-refractivity contribution >= 4 is 27.3 Å². The van der Waals surface area contributed by atoms with Crippen LogP contribution in [0.4, 0.5) is 11.4 Å². The van der Waals surface area contributed by atoms with Crippen LogP contribution in [0.5, 0.6) is 17.2 Å². The Morgan fingerprint density at radius 3 is 2.39 bits per heavy atom. The molecule has 8 nitrogen and oxygen atoms in total. The van der Waals surface area contributed by atoms with E-state index in [9.17, 15) is 13.2 Å². The van der Waals surface area contributed by atoms with Crippen molar-refractivity contribution < 1.29 is 27.4 Å². The number of rotatable bonds is 7. The second kappa shape index (κ2) is 8.39. The second-order valence-corrected chi connectivity index (χ2v) is 8.15. The predicted octanol–water partition coefficient (Wildman–Crippen LogP) is 2.26. The molecule has 28 heavy (non-hydrogen) atoms. The molecule has 3 rings (SSSR count). The topological polar surface area (TPSA) is 94.2 Å². The molecule has 0 saturated carbocycles. The van der Waals surface area contributed by atoms with E-state index in [0.29, 0.717) is 41.6 Å². The molecule has 1 saturated heterocycles. The number of hydrogen-bond acceptors (Lipinski definition) is 6. The lowest BCUT2D eigenvalue weighted by Crippen LogP contribution is -2.25. The van der Waals surface area contributed by atoms with Gasteiger partial charge in [0.1, 0.15) is 17.2 Å². The van der Waals surface area contributed by atoms with Crippen LogP contribution in [-0.2, 0) is 14.8 Å². The number of carbonyl (C=O) groups is 1. The van der Waals surface area contributed by atoms with E-state index in [1.165, 1.54) is 11.4 Å². The van der Waals surface area contributed by atoms with Gasteiger partial charge in [0.25, 0.3) is 5.91 Å². The fourth-order valence-electron chi connectivity index (χ4n) is 2.89. The van der Waals surface area contributed by atoms with Crippen molar-refractivity contribution in [3.8, 4) is 17.2 Å². The SMILES string of the molecule is COc1ccc(OCC(=O)Nc2cc(N3CCCS3(=O)=O)ccc2OC)cc1. The summed E-state index contributed by atoms with van der Waals surface area (Å²) in [5.41, 5.74) is 0.870. The average Bonchev–Trinajstić information content (AvgIpc) is 3.05. The van der Waals surface area contributed by atoms with Gasteiger partial charge in [0, 0.05) is 6.54 Å². The largest absolute Gasteiger partial charge is 0.497 e. The molecule has 2 aromatic carbocycles. The van der Waals surface area contributed by atoms with Crippen LogP contribution in [0.3, 0.4) is 0 Å². The zero-order chi connectivity index (χ0) is 20.1. The minimum atomic E-state index is -3.31. The van der Waals surface area contributed by atoms with Crippen LogP contribution < -0.4 is 23.8 Å². The van der Waals surface area contributed by atoms with Gasteiger partial charge in [0.05, 0.1) is 31.3 Å². The van der Waals surface area contributed by atoms with Crippen LogP contribution in [0.2, 0.25) is 0 Å². The van der Waals surface area contributed by atoms with Crippen molar-refractivity contribution in [2.75, 3.05) is 42.7 Å². The maximum absolute atomic E-state index is 12.3. The van der Waals surface area contributed by atoms with Gasteiger partial charge in [-0.3, -0.25) is 9.10 Å². The first kappa shape index (κ1) is 19.8. The highest BCUT2D eigenvalue weighted by Crippen LogP contribution is 2.32. The first-order valence-corrected chi connectivity index (χ1v) is 10.3. The molecule has 0 bridgehead atoms. The van der Waals surface area contributed by atoms with Crippen LogP contribution in [0.1, 0.15) is 6.42 Å². The van der Waals surface area contributed by atoms with Gasteiger partial charge in [0.15, 0.2) is 6.61 Å². The van der Waals surface area contributed by atoms with Gasteiger partial charge >= 0.3 is 0 Å². The normalized spacial score (nSPS) is 15.1. The quantitative estimate of drug-likeness (QED) is 0.758. The number of sulfonamides is 1. The first-order chi connectivity index (χ1) is 13.4. The summed E-state index contributed by atoms with van der Waals surface area (Å²) in [7, 11) is -0.267. The van der Waals surface area contributed by atoms with Gasteiger partial charge in [-0.25, -0.2) is 8.42 Å². The highest BCUT2D eigenvalue weighted by atomic mass is 32.2. The van der Waals surface area contributed by atoms with Gasteiger partial charge in [-0.1, -0.05) is 0 Å². The van der Waals surface area contributed by atoms with E-state index in [2.05, 4.69) is 5.32 Å². The molecule has 150 valence electrons. The summed E-state index contributed by atoms with van der Waals surface area (Å²) < 4.78 is 41.4. The molecule has 9 heteroatoms. The van der Waals surface area contributed by atoms with Crippen molar-refractivity contribution in [2.45, 2.75) is 6.42 Å². The molecule has 1 heterocycles. The number of carbonyl (C=O) groups excluding carboxylic acids is 1. The summed E-state index contributed by atoms with van der Waals surface area (Å²) in [4.78, 5) is 12.3. The van der Waals surface area contributed by atoms with Crippen LogP contribution in [0, 0.1) is 0 Å². The monoisotopic (exact) mass is 406 g/mol. The van der Waals surface area contributed by atoms with Gasteiger partial charge in [0.2, 0.25) is 10.0 Å². The summed E-state index contributed by atoms with van der Waals surface area (Å²) in [6, 6.07) is 11.7. The summed E-state index contributed by atoms with van der Waals surface area (Å²) in [5.74, 6) is 1.37. The summed E-state index contributed by atoms with van der Waals surface area (Å²) in [6.45, 7) is 0.213. The fraction of sp³-hybridized carbons (Fsp3) is 0.316. The van der Waals surface area contributed by atoms with E-state index in [1.54, 1.807) is 49.6 Å². The maximum Gasteiger partial charge on any atom is 0.262 e. The van der Waals surface area contributed by atoms with Gasteiger partial charge in [-0.2, -0.15) is 0 Å². The van der Waals surface area contributed by atoms with Crippen molar-refractivity contribution in [1.82, 2.24) is 0 Å². The molecule has 1 amide bonds. The lowest BCUT2D eigenvalue weighted by atomic mass is 10.2. The molecule has 0 atom stereocenters. The number of methoxy groups -OCH3 is 2. The van der Waals surface area contributed by atoms with Crippen LogP contribution >= 0.6 is 0 Å². The summed E-state index contributed by atoms with van der Waals surface area (Å²) >= 11 is 0. The highest BCUT2D eigenvalue weighted by Gasteiger charge is 2.29. The van der Waals surface area contributed by atoms with Gasteiger partial charge < -0.3 is 19.5 Å². The lowest BCUT2D eigenvalue weighted by Gasteiger charge is -2.19. The summed E-state index contributed by atoms with van der Waals surface area (Å²) in [5, 5.41) is 2.71.